The van der Waals surface area contributed by atoms with Crippen molar-refractivity contribution >= 4 is 34.2 Å². The van der Waals surface area contributed by atoms with Crippen molar-refractivity contribution in [2.75, 3.05) is 18.1 Å². The van der Waals surface area contributed by atoms with Gasteiger partial charge in [0.2, 0.25) is 0 Å². The second-order valence-electron chi connectivity index (χ2n) is 5.81. The van der Waals surface area contributed by atoms with Gasteiger partial charge in [-0.3, -0.25) is 14.7 Å². The molecule has 0 saturated carbocycles. The molecule has 0 bridgehead atoms. The number of likely N-dealkylation sites (N-methyl/N-ethyl adjacent to an activating group) is 1. The molecule has 3 rings (SSSR count). The molecule has 3 aromatic rings. The fourth-order valence-electron chi connectivity index (χ4n) is 2.53. The molecule has 0 aliphatic carbocycles. The highest BCUT2D eigenvalue weighted by Gasteiger charge is 2.24. The molecule has 9 heteroatoms. The Hall–Kier alpha value is -3.49. The van der Waals surface area contributed by atoms with Crippen LogP contribution in [0.2, 0.25) is 0 Å². The Morgan fingerprint density at radius 2 is 1.96 bits per heavy atom. The van der Waals surface area contributed by atoms with Crippen LogP contribution in [0.25, 0.3) is 10.9 Å². The van der Waals surface area contributed by atoms with Crippen LogP contribution >= 0.6 is 0 Å². The van der Waals surface area contributed by atoms with Crippen LogP contribution in [0, 0.1) is 5.82 Å². The second kappa shape index (κ2) is 6.79. The number of H-pyrrole nitrogens is 1. The first-order valence-corrected chi connectivity index (χ1v) is 7.79. The Morgan fingerprint density at radius 3 is 2.65 bits per heavy atom. The van der Waals surface area contributed by atoms with Crippen LogP contribution in [0.3, 0.4) is 0 Å². The van der Waals surface area contributed by atoms with Crippen LogP contribution in [0.15, 0.2) is 36.7 Å². The van der Waals surface area contributed by atoms with E-state index in [4.69, 9.17) is 5.73 Å². The van der Waals surface area contributed by atoms with E-state index in [0.29, 0.717) is 22.2 Å². The molecule has 0 unspecified atom stereocenters. The van der Waals surface area contributed by atoms with Crippen molar-refractivity contribution in [1.29, 1.82) is 0 Å². The van der Waals surface area contributed by atoms with Gasteiger partial charge in [0.25, 0.3) is 0 Å². The minimum atomic E-state index is -0.830. The number of anilines is 2. The zero-order chi connectivity index (χ0) is 18.8. The van der Waals surface area contributed by atoms with Crippen LogP contribution in [-0.4, -0.2) is 38.9 Å². The lowest BCUT2D eigenvalue weighted by molar-refractivity contribution is -0.143. The van der Waals surface area contributed by atoms with Crippen molar-refractivity contribution < 1.29 is 14.0 Å². The zero-order valence-corrected chi connectivity index (χ0v) is 14.2. The number of nitrogens with two attached hydrogens (primary N) is 1. The minimum Gasteiger partial charge on any atom is -0.383 e. The predicted octanol–water partition coefficient (Wildman–Crippen LogP) is 1.84. The highest BCUT2D eigenvalue weighted by Crippen LogP contribution is 2.24. The number of carbonyl (C=O) groups is 2. The molecule has 8 nitrogen and oxygen atoms in total. The molecule has 1 aromatic carbocycles. The van der Waals surface area contributed by atoms with E-state index in [1.54, 1.807) is 19.1 Å². The normalized spacial score (nSPS) is 12.0. The Balaban J connectivity index is 1.76. The fraction of sp³-hybridized carbons (Fsp3) is 0.176. The third kappa shape index (κ3) is 3.18. The Morgan fingerprint density at radius 1 is 1.27 bits per heavy atom. The van der Waals surface area contributed by atoms with Crippen molar-refractivity contribution in [3.8, 4) is 0 Å². The molecule has 134 valence electrons. The molecule has 0 aliphatic heterocycles. The number of amides is 2. The topological polar surface area (TPSA) is 117 Å². The van der Waals surface area contributed by atoms with Crippen LogP contribution in [0.1, 0.15) is 18.5 Å². The number of aromatic nitrogens is 3. The lowest BCUT2D eigenvalue weighted by Crippen LogP contribution is -2.38. The summed E-state index contributed by atoms with van der Waals surface area (Å²) in [7, 11) is 1.50. The summed E-state index contributed by atoms with van der Waals surface area (Å²) in [5.74, 6) is -1.68. The van der Waals surface area contributed by atoms with Gasteiger partial charge in [-0.05, 0) is 24.6 Å². The number of rotatable bonds is 3. The molecule has 0 radical (unpaired) electrons. The summed E-state index contributed by atoms with van der Waals surface area (Å²) in [5.41, 5.74) is 7.22. The maximum Gasteiger partial charge on any atom is 0.314 e. The molecule has 2 aromatic heterocycles. The summed E-state index contributed by atoms with van der Waals surface area (Å²) in [6.45, 7) is 1.75. The number of nitrogens with one attached hydrogen (secondary N) is 2. The van der Waals surface area contributed by atoms with Crippen LogP contribution in [-0.2, 0) is 9.59 Å². The van der Waals surface area contributed by atoms with Crippen LogP contribution in [0.5, 0.6) is 0 Å². The number of pyridine rings is 1. The highest BCUT2D eigenvalue weighted by molar-refractivity contribution is 6.40. The highest BCUT2D eigenvalue weighted by atomic mass is 19.1. The first-order valence-electron chi connectivity index (χ1n) is 7.79. The Labute approximate surface area is 148 Å². The van der Waals surface area contributed by atoms with Gasteiger partial charge < -0.3 is 16.0 Å². The molecular weight excluding hydrogens is 339 g/mol. The Bertz CT molecular complexity index is 969. The van der Waals surface area contributed by atoms with E-state index >= 15 is 0 Å². The predicted molar refractivity (Wildman–Crippen MR) is 94.5 cm³/mol. The van der Waals surface area contributed by atoms with Gasteiger partial charge in [-0.2, -0.15) is 5.10 Å². The Kier molecular flexibility index (Phi) is 4.53. The van der Waals surface area contributed by atoms with Gasteiger partial charge in [0, 0.05) is 7.05 Å². The van der Waals surface area contributed by atoms with Crippen molar-refractivity contribution in [3.05, 3.63) is 48.0 Å². The number of halogens is 1. The number of hydrogen-bond donors (Lipinski definition) is 3. The zero-order valence-electron chi connectivity index (χ0n) is 14.2. The molecule has 0 fully saturated rings. The smallest absolute Gasteiger partial charge is 0.314 e. The quantitative estimate of drug-likeness (QED) is 0.619. The number of carbonyl (C=O) groups excluding carboxylic acids is 2. The van der Waals surface area contributed by atoms with E-state index in [0.717, 1.165) is 0 Å². The molecule has 2 heterocycles. The molecule has 2 amide bonds. The van der Waals surface area contributed by atoms with Gasteiger partial charge in [0.05, 0.1) is 35.0 Å². The standard InChI is InChI=1S/C17H17FN6O2/c1-9(10-3-5-11(18)6-4-10)24(2)17(26)16(25)22-13-8-20-15(19)12-7-21-23-14(12)13/h3-9H,1-2H3,(H2,19,20)(H,21,23)(H,22,25)/t9-/m1/s1. The first-order chi connectivity index (χ1) is 12.4. The molecule has 0 spiro atoms. The van der Waals surface area contributed by atoms with E-state index in [1.165, 1.54) is 36.5 Å². The molecular formula is C17H17FN6O2. The molecule has 0 saturated heterocycles. The minimum absolute atomic E-state index is 0.264. The molecule has 1 atom stereocenters. The maximum atomic E-state index is 13.0. The van der Waals surface area contributed by atoms with Crippen molar-refractivity contribution in [1.82, 2.24) is 20.1 Å². The SMILES string of the molecule is C[C@H](c1ccc(F)cc1)N(C)C(=O)C(=O)Nc1cnc(N)c2cn[nH]c12. The van der Waals surface area contributed by atoms with E-state index < -0.39 is 17.9 Å². The van der Waals surface area contributed by atoms with Gasteiger partial charge in [-0.1, -0.05) is 12.1 Å². The summed E-state index contributed by atoms with van der Waals surface area (Å²) in [5, 5.41) is 9.63. The fourth-order valence-corrected chi connectivity index (χ4v) is 2.53. The van der Waals surface area contributed by atoms with Crippen LogP contribution < -0.4 is 11.1 Å². The monoisotopic (exact) mass is 356 g/mol. The van der Waals surface area contributed by atoms with Gasteiger partial charge in [-0.15, -0.1) is 0 Å². The summed E-state index contributed by atoms with van der Waals surface area (Å²) < 4.78 is 13.0. The summed E-state index contributed by atoms with van der Waals surface area (Å²) >= 11 is 0. The summed E-state index contributed by atoms with van der Waals surface area (Å²) in [6.07, 6.45) is 2.84. The van der Waals surface area contributed by atoms with Crippen LogP contribution in [0.4, 0.5) is 15.9 Å². The van der Waals surface area contributed by atoms with E-state index in [9.17, 15) is 14.0 Å². The largest absolute Gasteiger partial charge is 0.383 e. The average molecular weight is 356 g/mol. The van der Waals surface area contributed by atoms with Gasteiger partial charge in [-0.25, -0.2) is 9.37 Å². The maximum absolute atomic E-state index is 13.0. The summed E-state index contributed by atoms with van der Waals surface area (Å²) in [4.78, 5) is 30.0. The number of fused-ring (bicyclic) bond motifs is 1. The third-order valence-corrected chi connectivity index (χ3v) is 4.21. The number of aromatic amines is 1. The average Bonchev–Trinajstić information content (AvgIpc) is 3.13. The van der Waals surface area contributed by atoms with Crippen molar-refractivity contribution in [2.45, 2.75) is 13.0 Å². The number of hydrogen-bond acceptors (Lipinski definition) is 5. The van der Waals surface area contributed by atoms with Gasteiger partial charge in [0.1, 0.15) is 11.6 Å². The van der Waals surface area contributed by atoms with E-state index in [1.807, 2.05) is 0 Å². The van der Waals surface area contributed by atoms with Gasteiger partial charge >= 0.3 is 11.8 Å². The van der Waals surface area contributed by atoms with Crippen molar-refractivity contribution in [2.24, 2.45) is 0 Å². The van der Waals surface area contributed by atoms with Gasteiger partial charge in [0.15, 0.2) is 0 Å². The van der Waals surface area contributed by atoms with Crippen molar-refractivity contribution in [3.63, 3.8) is 0 Å². The lowest BCUT2D eigenvalue weighted by atomic mass is 10.1. The third-order valence-electron chi connectivity index (χ3n) is 4.21. The summed E-state index contributed by atoms with van der Waals surface area (Å²) in [6, 6.07) is 5.34. The first kappa shape index (κ1) is 17.3. The number of nitrogens with zero attached hydrogens (tertiary/aromatic N) is 3. The number of benzene rings is 1. The molecule has 0 aliphatic rings. The van der Waals surface area contributed by atoms with E-state index in [-0.39, 0.29) is 11.6 Å². The van der Waals surface area contributed by atoms with E-state index in [2.05, 4.69) is 20.5 Å². The lowest BCUT2D eigenvalue weighted by Gasteiger charge is -2.24. The second-order valence-corrected chi connectivity index (χ2v) is 5.81. The number of nitrogen functional groups attached to an aromatic ring is 1. The molecule has 26 heavy (non-hydrogen) atoms. The molecule has 4 N–H and O–H groups in total.